The minimum Gasteiger partial charge on any atom is -0.463 e. The highest BCUT2D eigenvalue weighted by atomic mass is 16.5. The molecule has 6 nitrogen and oxygen atoms in total. The van der Waals surface area contributed by atoms with Crippen molar-refractivity contribution in [3.8, 4) is 0 Å². The van der Waals surface area contributed by atoms with Crippen molar-refractivity contribution in [3.05, 3.63) is 71.3 Å². The molecular weight excluding hydrogens is 390 g/mol. The SMILES string of the molecule is CCOC(=O)/C=C/c1ccc(NC(=O)N2CCCN(Cc3ccc(C)cc3)CC2)cc1. The van der Waals surface area contributed by atoms with Crippen LogP contribution in [0, 0.1) is 6.92 Å². The molecule has 0 aliphatic carbocycles. The van der Waals surface area contributed by atoms with E-state index in [0.29, 0.717) is 13.2 Å². The number of amides is 2. The maximum Gasteiger partial charge on any atom is 0.330 e. The van der Waals surface area contributed by atoms with E-state index in [4.69, 9.17) is 4.74 Å². The second-order valence-electron chi connectivity index (χ2n) is 7.74. The van der Waals surface area contributed by atoms with Gasteiger partial charge in [0.1, 0.15) is 0 Å². The Morgan fingerprint density at radius 3 is 2.45 bits per heavy atom. The Kier molecular flexibility index (Phi) is 8.24. The lowest BCUT2D eigenvalue weighted by atomic mass is 10.1. The summed E-state index contributed by atoms with van der Waals surface area (Å²) in [6, 6.07) is 16.0. The lowest BCUT2D eigenvalue weighted by molar-refractivity contribution is -0.137. The summed E-state index contributed by atoms with van der Waals surface area (Å²) in [5.74, 6) is -0.363. The van der Waals surface area contributed by atoms with Gasteiger partial charge in [-0.25, -0.2) is 9.59 Å². The second-order valence-corrected chi connectivity index (χ2v) is 7.74. The van der Waals surface area contributed by atoms with Crippen LogP contribution in [0.25, 0.3) is 6.08 Å². The van der Waals surface area contributed by atoms with E-state index in [1.807, 2.05) is 29.2 Å². The molecule has 0 aromatic heterocycles. The van der Waals surface area contributed by atoms with Crippen LogP contribution in [0.2, 0.25) is 0 Å². The molecule has 2 aromatic rings. The van der Waals surface area contributed by atoms with E-state index in [0.717, 1.165) is 43.9 Å². The van der Waals surface area contributed by atoms with Gasteiger partial charge in [0.05, 0.1) is 6.61 Å². The van der Waals surface area contributed by atoms with E-state index in [2.05, 4.69) is 41.4 Å². The molecule has 1 aliphatic heterocycles. The Hall–Kier alpha value is -3.12. The number of hydrogen-bond donors (Lipinski definition) is 1. The highest BCUT2D eigenvalue weighted by Crippen LogP contribution is 2.14. The first kappa shape index (κ1) is 22.6. The smallest absolute Gasteiger partial charge is 0.330 e. The van der Waals surface area contributed by atoms with E-state index in [9.17, 15) is 9.59 Å². The molecule has 3 rings (SSSR count). The predicted octanol–water partition coefficient (Wildman–Crippen LogP) is 4.31. The average molecular weight is 422 g/mol. The van der Waals surface area contributed by atoms with Gasteiger partial charge in [0.25, 0.3) is 0 Å². The van der Waals surface area contributed by atoms with Crippen LogP contribution in [-0.2, 0) is 16.1 Å². The van der Waals surface area contributed by atoms with Gasteiger partial charge in [-0.1, -0.05) is 42.0 Å². The van der Waals surface area contributed by atoms with Crippen LogP contribution in [0.15, 0.2) is 54.6 Å². The van der Waals surface area contributed by atoms with Crippen LogP contribution < -0.4 is 5.32 Å². The quantitative estimate of drug-likeness (QED) is 0.558. The van der Waals surface area contributed by atoms with E-state index in [-0.39, 0.29) is 12.0 Å². The molecule has 0 radical (unpaired) electrons. The Morgan fingerprint density at radius 1 is 1.00 bits per heavy atom. The Labute approximate surface area is 184 Å². The molecule has 164 valence electrons. The van der Waals surface area contributed by atoms with Gasteiger partial charge in [-0.15, -0.1) is 0 Å². The molecule has 31 heavy (non-hydrogen) atoms. The van der Waals surface area contributed by atoms with Crippen molar-refractivity contribution in [1.82, 2.24) is 9.80 Å². The van der Waals surface area contributed by atoms with Crippen molar-refractivity contribution in [3.63, 3.8) is 0 Å². The number of aryl methyl sites for hydroxylation is 1. The first-order valence-corrected chi connectivity index (χ1v) is 10.8. The zero-order valence-corrected chi connectivity index (χ0v) is 18.3. The fraction of sp³-hybridized carbons (Fsp3) is 0.360. The summed E-state index contributed by atoms with van der Waals surface area (Å²) in [6.45, 7) is 8.44. The zero-order valence-electron chi connectivity index (χ0n) is 18.3. The number of carbonyl (C=O) groups excluding carboxylic acids is 2. The van der Waals surface area contributed by atoms with Crippen LogP contribution in [-0.4, -0.2) is 54.6 Å². The monoisotopic (exact) mass is 421 g/mol. The number of rotatable bonds is 6. The van der Waals surface area contributed by atoms with Gasteiger partial charge >= 0.3 is 12.0 Å². The summed E-state index contributed by atoms with van der Waals surface area (Å²) in [5, 5.41) is 2.98. The molecule has 6 heteroatoms. The van der Waals surface area contributed by atoms with Crippen molar-refractivity contribution < 1.29 is 14.3 Å². The van der Waals surface area contributed by atoms with Crippen LogP contribution in [0.1, 0.15) is 30.0 Å². The zero-order chi connectivity index (χ0) is 22.1. The van der Waals surface area contributed by atoms with E-state index < -0.39 is 0 Å². The molecule has 2 aromatic carbocycles. The highest BCUT2D eigenvalue weighted by molar-refractivity contribution is 5.90. The van der Waals surface area contributed by atoms with E-state index in [1.54, 1.807) is 13.0 Å². The van der Waals surface area contributed by atoms with Gasteiger partial charge in [0, 0.05) is 44.5 Å². The minimum atomic E-state index is -0.363. The van der Waals surface area contributed by atoms with Crippen molar-refractivity contribution in [1.29, 1.82) is 0 Å². The first-order chi connectivity index (χ1) is 15.0. The number of esters is 1. The fourth-order valence-corrected chi connectivity index (χ4v) is 3.52. The van der Waals surface area contributed by atoms with Crippen molar-refractivity contribution in [2.75, 3.05) is 38.1 Å². The summed E-state index contributed by atoms with van der Waals surface area (Å²) < 4.78 is 4.87. The molecule has 0 bridgehead atoms. The maximum absolute atomic E-state index is 12.7. The molecule has 1 aliphatic rings. The van der Waals surface area contributed by atoms with Gasteiger partial charge in [-0.2, -0.15) is 0 Å². The molecular formula is C25H31N3O3. The number of ether oxygens (including phenoxy) is 1. The number of hydrogen-bond acceptors (Lipinski definition) is 4. The Bertz CT molecular complexity index is 891. The molecule has 0 atom stereocenters. The van der Waals surface area contributed by atoms with Crippen molar-refractivity contribution in [2.24, 2.45) is 0 Å². The normalized spacial score (nSPS) is 15.0. The summed E-state index contributed by atoms with van der Waals surface area (Å²) >= 11 is 0. The van der Waals surface area contributed by atoms with Crippen LogP contribution in [0.3, 0.4) is 0 Å². The molecule has 1 fully saturated rings. The van der Waals surface area contributed by atoms with Crippen molar-refractivity contribution in [2.45, 2.75) is 26.8 Å². The summed E-state index contributed by atoms with van der Waals surface area (Å²) in [4.78, 5) is 28.4. The maximum atomic E-state index is 12.7. The number of urea groups is 1. The summed E-state index contributed by atoms with van der Waals surface area (Å²) in [7, 11) is 0. The minimum absolute atomic E-state index is 0.0769. The largest absolute Gasteiger partial charge is 0.463 e. The van der Waals surface area contributed by atoms with E-state index >= 15 is 0 Å². The Balaban J connectivity index is 1.49. The topological polar surface area (TPSA) is 61.9 Å². The van der Waals surface area contributed by atoms with Crippen LogP contribution >= 0.6 is 0 Å². The predicted molar refractivity (Wildman–Crippen MR) is 124 cm³/mol. The van der Waals surface area contributed by atoms with Crippen LogP contribution in [0.5, 0.6) is 0 Å². The molecule has 0 unspecified atom stereocenters. The van der Waals surface area contributed by atoms with Gasteiger partial charge in [0.15, 0.2) is 0 Å². The van der Waals surface area contributed by atoms with Gasteiger partial charge < -0.3 is 15.0 Å². The van der Waals surface area contributed by atoms with Gasteiger partial charge in [-0.05, 0) is 49.6 Å². The molecule has 1 N–H and O–H groups in total. The molecule has 0 spiro atoms. The number of nitrogens with one attached hydrogen (secondary N) is 1. The molecule has 1 heterocycles. The van der Waals surface area contributed by atoms with Crippen molar-refractivity contribution >= 4 is 23.8 Å². The summed E-state index contributed by atoms with van der Waals surface area (Å²) in [6.07, 6.45) is 4.05. The highest BCUT2D eigenvalue weighted by Gasteiger charge is 2.19. The number of carbonyl (C=O) groups is 2. The number of benzene rings is 2. The molecule has 1 saturated heterocycles. The standard InChI is InChI=1S/C25H31N3O3/c1-3-31-24(29)14-11-21-9-12-23(13-10-21)26-25(30)28-16-4-15-27(17-18-28)19-22-7-5-20(2)6-8-22/h5-14H,3-4,15-19H2,1-2H3,(H,26,30)/b14-11+. The lowest BCUT2D eigenvalue weighted by Crippen LogP contribution is -2.38. The second kappa shape index (κ2) is 11.3. The third kappa shape index (κ3) is 7.26. The molecule has 0 saturated carbocycles. The third-order valence-corrected chi connectivity index (χ3v) is 5.26. The summed E-state index contributed by atoms with van der Waals surface area (Å²) in [5.41, 5.74) is 4.18. The fourth-order valence-electron chi connectivity index (χ4n) is 3.52. The van der Waals surface area contributed by atoms with Gasteiger partial charge in [-0.3, -0.25) is 4.90 Å². The average Bonchev–Trinajstić information content (AvgIpc) is 3.01. The number of nitrogens with zero attached hydrogens (tertiary/aromatic N) is 2. The molecule has 2 amide bonds. The van der Waals surface area contributed by atoms with Crippen LogP contribution in [0.4, 0.5) is 10.5 Å². The lowest BCUT2D eigenvalue weighted by Gasteiger charge is -2.22. The van der Waals surface area contributed by atoms with E-state index in [1.165, 1.54) is 17.2 Å². The van der Waals surface area contributed by atoms with Gasteiger partial charge in [0.2, 0.25) is 0 Å². The third-order valence-electron chi connectivity index (χ3n) is 5.26. The first-order valence-electron chi connectivity index (χ1n) is 10.8. The number of anilines is 1. The Morgan fingerprint density at radius 2 is 1.74 bits per heavy atom.